The third kappa shape index (κ3) is 2.90. The minimum absolute atomic E-state index is 0.196. The molecule has 0 amide bonds. The van der Waals surface area contributed by atoms with E-state index in [0.717, 1.165) is 12.8 Å². The number of hydrogen-bond acceptors (Lipinski definition) is 3. The number of hydrogen-bond donors (Lipinski definition) is 2. The van der Waals surface area contributed by atoms with Crippen molar-refractivity contribution in [3.8, 4) is 0 Å². The number of nitrogens with one attached hydrogen (secondary N) is 1. The molecule has 0 fully saturated rings. The molecule has 1 aromatic heterocycles. The third-order valence-corrected chi connectivity index (χ3v) is 4.57. The maximum Gasteiger partial charge on any atom is 0.0463 e. The zero-order valence-electron chi connectivity index (χ0n) is 11.3. The number of rotatable bonds is 5. The molecular weight excluding hydrogens is 264 g/mol. The van der Waals surface area contributed by atoms with Crippen molar-refractivity contribution in [1.82, 2.24) is 5.43 Å². The van der Waals surface area contributed by atoms with E-state index < -0.39 is 0 Å². The number of fused-ring (bicyclic) bond motifs is 1. The van der Waals surface area contributed by atoms with Gasteiger partial charge in [0.15, 0.2) is 0 Å². The summed E-state index contributed by atoms with van der Waals surface area (Å²) >= 11 is 1.80. The van der Waals surface area contributed by atoms with E-state index >= 15 is 0 Å². The summed E-state index contributed by atoms with van der Waals surface area (Å²) in [4.78, 5) is 1.41. The summed E-state index contributed by atoms with van der Waals surface area (Å²) in [5.74, 6) is 5.74. The van der Waals surface area contributed by atoms with Crippen molar-refractivity contribution in [1.29, 1.82) is 0 Å². The van der Waals surface area contributed by atoms with Crippen molar-refractivity contribution < 1.29 is 0 Å². The predicted molar refractivity (Wildman–Crippen MR) is 86.7 cm³/mol. The van der Waals surface area contributed by atoms with E-state index in [-0.39, 0.29) is 6.04 Å². The van der Waals surface area contributed by atoms with Gasteiger partial charge in [-0.1, -0.05) is 42.5 Å². The first-order chi connectivity index (χ1) is 9.86. The van der Waals surface area contributed by atoms with Crippen molar-refractivity contribution in [2.24, 2.45) is 5.84 Å². The van der Waals surface area contributed by atoms with E-state index in [1.807, 2.05) is 0 Å². The Morgan fingerprint density at radius 2 is 1.85 bits per heavy atom. The lowest BCUT2D eigenvalue weighted by atomic mass is 9.99. The molecule has 2 aromatic carbocycles. The molecule has 0 bridgehead atoms. The lowest BCUT2D eigenvalue weighted by Gasteiger charge is -2.16. The number of hydrazine groups is 1. The fourth-order valence-corrected chi connectivity index (χ4v) is 3.24. The zero-order valence-corrected chi connectivity index (χ0v) is 12.1. The molecule has 0 radical (unpaired) electrons. The van der Waals surface area contributed by atoms with Crippen molar-refractivity contribution >= 4 is 22.1 Å². The summed E-state index contributed by atoms with van der Waals surface area (Å²) in [5.41, 5.74) is 4.20. The average Bonchev–Trinajstić information content (AvgIpc) is 3.01. The molecule has 3 aromatic rings. The quantitative estimate of drug-likeness (QED) is 0.547. The summed E-state index contributed by atoms with van der Waals surface area (Å²) in [5, 5.41) is 4.66. The van der Waals surface area contributed by atoms with Crippen LogP contribution in [0.2, 0.25) is 0 Å². The fraction of sp³-hybridized carbons (Fsp3) is 0.176. The highest BCUT2D eigenvalue weighted by atomic mass is 32.1. The molecule has 1 unspecified atom stereocenters. The molecule has 0 aliphatic heterocycles. The van der Waals surface area contributed by atoms with E-state index in [1.54, 1.807) is 11.3 Å². The van der Waals surface area contributed by atoms with Gasteiger partial charge < -0.3 is 0 Å². The number of thiophene rings is 1. The maximum atomic E-state index is 5.74. The average molecular weight is 282 g/mol. The van der Waals surface area contributed by atoms with Gasteiger partial charge in [-0.05, 0) is 46.7 Å². The molecule has 2 nitrogen and oxygen atoms in total. The standard InChI is InChI=1S/C17H18N2S/c18-19-17(10-9-16-6-3-11-20-16)15-8-7-13-4-1-2-5-14(13)12-15/h1-8,11-12,17,19H,9-10,18H2. The van der Waals surface area contributed by atoms with Gasteiger partial charge in [0.05, 0.1) is 0 Å². The van der Waals surface area contributed by atoms with E-state index in [2.05, 4.69) is 65.4 Å². The highest BCUT2D eigenvalue weighted by Gasteiger charge is 2.10. The molecule has 3 rings (SSSR count). The molecule has 1 heterocycles. The number of benzene rings is 2. The summed E-state index contributed by atoms with van der Waals surface area (Å²) in [6, 6.07) is 19.5. The minimum atomic E-state index is 0.196. The summed E-state index contributed by atoms with van der Waals surface area (Å²) < 4.78 is 0. The van der Waals surface area contributed by atoms with Gasteiger partial charge in [-0.3, -0.25) is 11.3 Å². The minimum Gasteiger partial charge on any atom is -0.271 e. The SMILES string of the molecule is NNC(CCc1cccs1)c1ccc2ccccc2c1. The van der Waals surface area contributed by atoms with Crippen molar-refractivity contribution in [3.63, 3.8) is 0 Å². The molecule has 1 atom stereocenters. The second kappa shape index (κ2) is 6.18. The van der Waals surface area contributed by atoms with Crippen LogP contribution in [0.3, 0.4) is 0 Å². The van der Waals surface area contributed by atoms with E-state index in [0.29, 0.717) is 0 Å². The van der Waals surface area contributed by atoms with Crippen molar-refractivity contribution in [2.75, 3.05) is 0 Å². The Balaban J connectivity index is 1.79. The number of aryl methyl sites for hydroxylation is 1. The zero-order chi connectivity index (χ0) is 13.8. The van der Waals surface area contributed by atoms with Crippen LogP contribution >= 0.6 is 11.3 Å². The van der Waals surface area contributed by atoms with Gasteiger partial charge in [-0.15, -0.1) is 11.3 Å². The monoisotopic (exact) mass is 282 g/mol. The first kappa shape index (κ1) is 13.3. The van der Waals surface area contributed by atoms with Crippen LogP contribution in [0.4, 0.5) is 0 Å². The molecule has 102 valence electrons. The Bertz CT molecular complexity index is 676. The largest absolute Gasteiger partial charge is 0.271 e. The topological polar surface area (TPSA) is 38.0 Å². The lowest BCUT2D eigenvalue weighted by molar-refractivity contribution is 0.518. The first-order valence-corrected chi connectivity index (χ1v) is 7.72. The Kier molecular flexibility index (Phi) is 4.11. The second-order valence-electron chi connectivity index (χ2n) is 4.94. The molecule has 0 spiro atoms. The van der Waals surface area contributed by atoms with E-state index in [4.69, 9.17) is 5.84 Å². The van der Waals surface area contributed by atoms with Gasteiger partial charge in [0.1, 0.15) is 0 Å². The Morgan fingerprint density at radius 3 is 2.60 bits per heavy atom. The van der Waals surface area contributed by atoms with Gasteiger partial charge in [0.2, 0.25) is 0 Å². The van der Waals surface area contributed by atoms with Gasteiger partial charge in [0, 0.05) is 10.9 Å². The highest BCUT2D eigenvalue weighted by Crippen LogP contribution is 2.24. The Hall–Kier alpha value is -1.68. The molecule has 0 aliphatic rings. The van der Waals surface area contributed by atoms with Crippen LogP contribution in [0, 0.1) is 0 Å². The molecule has 20 heavy (non-hydrogen) atoms. The molecule has 3 N–H and O–H groups in total. The summed E-state index contributed by atoms with van der Waals surface area (Å²) in [7, 11) is 0. The molecule has 0 saturated heterocycles. The van der Waals surface area contributed by atoms with Crippen LogP contribution in [-0.4, -0.2) is 0 Å². The van der Waals surface area contributed by atoms with Crippen LogP contribution in [0.15, 0.2) is 60.0 Å². The van der Waals surface area contributed by atoms with Gasteiger partial charge >= 0.3 is 0 Å². The summed E-state index contributed by atoms with van der Waals surface area (Å²) in [6.07, 6.45) is 2.06. The predicted octanol–water partition coefficient (Wildman–Crippen LogP) is 4.04. The second-order valence-corrected chi connectivity index (χ2v) is 5.98. The van der Waals surface area contributed by atoms with Crippen LogP contribution in [0.25, 0.3) is 10.8 Å². The highest BCUT2D eigenvalue weighted by molar-refractivity contribution is 7.09. The van der Waals surface area contributed by atoms with Crippen molar-refractivity contribution in [3.05, 3.63) is 70.4 Å². The van der Waals surface area contributed by atoms with Gasteiger partial charge in [-0.2, -0.15) is 0 Å². The maximum absolute atomic E-state index is 5.74. The molecule has 0 aliphatic carbocycles. The van der Waals surface area contributed by atoms with E-state index in [1.165, 1.54) is 21.2 Å². The molecule has 3 heteroatoms. The normalized spacial score (nSPS) is 12.7. The van der Waals surface area contributed by atoms with Gasteiger partial charge in [-0.25, -0.2) is 0 Å². The first-order valence-electron chi connectivity index (χ1n) is 6.84. The van der Waals surface area contributed by atoms with Crippen LogP contribution in [-0.2, 0) is 6.42 Å². The third-order valence-electron chi connectivity index (χ3n) is 3.64. The van der Waals surface area contributed by atoms with Crippen LogP contribution < -0.4 is 11.3 Å². The van der Waals surface area contributed by atoms with Crippen LogP contribution in [0.5, 0.6) is 0 Å². The molecular formula is C17H18N2S. The molecule has 0 saturated carbocycles. The van der Waals surface area contributed by atoms with Gasteiger partial charge in [0.25, 0.3) is 0 Å². The lowest BCUT2D eigenvalue weighted by Crippen LogP contribution is -2.28. The fourth-order valence-electron chi connectivity index (χ4n) is 2.51. The van der Waals surface area contributed by atoms with Crippen molar-refractivity contribution in [2.45, 2.75) is 18.9 Å². The summed E-state index contributed by atoms with van der Waals surface area (Å²) in [6.45, 7) is 0. The number of nitrogens with two attached hydrogens (primary N) is 1. The Labute approximate surface area is 123 Å². The smallest absolute Gasteiger partial charge is 0.0463 e. The van der Waals surface area contributed by atoms with E-state index in [9.17, 15) is 0 Å². The Morgan fingerprint density at radius 1 is 1.00 bits per heavy atom. The van der Waals surface area contributed by atoms with Crippen LogP contribution in [0.1, 0.15) is 22.9 Å².